The lowest BCUT2D eigenvalue weighted by atomic mass is 10.00. The van der Waals surface area contributed by atoms with Crippen LogP contribution in [0, 0.1) is 0 Å². The van der Waals surface area contributed by atoms with E-state index in [9.17, 15) is 4.79 Å². The van der Waals surface area contributed by atoms with Gasteiger partial charge in [-0.25, -0.2) is 9.97 Å². The number of hydrogen-bond donors (Lipinski definition) is 1. The van der Waals surface area contributed by atoms with Crippen molar-refractivity contribution < 1.29 is 14.3 Å². The molecule has 0 amide bonds. The second-order valence-corrected chi connectivity index (χ2v) is 6.96. The van der Waals surface area contributed by atoms with Gasteiger partial charge in [-0.3, -0.25) is 4.79 Å². The Bertz CT molecular complexity index is 797. The first kappa shape index (κ1) is 18.6. The van der Waals surface area contributed by atoms with Gasteiger partial charge in [0.15, 0.2) is 0 Å². The number of nitrogens with one attached hydrogen (secondary N) is 1. The minimum atomic E-state index is -0.287. The summed E-state index contributed by atoms with van der Waals surface area (Å²) in [6, 6.07) is 7.28. The summed E-state index contributed by atoms with van der Waals surface area (Å²) in [6.07, 6.45) is 2.26. The molecule has 0 saturated carbocycles. The van der Waals surface area contributed by atoms with Gasteiger partial charge in [0, 0.05) is 23.7 Å². The molecule has 1 N–H and O–H groups in total. The molecule has 1 aliphatic heterocycles. The van der Waals surface area contributed by atoms with Crippen molar-refractivity contribution in [2.75, 3.05) is 13.7 Å². The number of esters is 1. The number of halogens is 1. The molecule has 1 aromatic heterocycles. The lowest BCUT2D eigenvalue weighted by Gasteiger charge is -2.13. The summed E-state index contributed by atoms with van der Waals surface area (Å²) >= 11 is 6.33. The largest absolute Gasteiger partial charge is 0.489 e. The molecule has 2 unspecified atom stereocenters. The fourth-order valence-corrected chi connectivity index (χ4v) is 3.27. The van der Waals surface area contributed by atoms with E-state index >= 15 is 0 Å². The van der Waals surface area contributed by atoms with Gasteiger partial charge in [-0.15, -0.1) is 0 Å². The van der Waals surface area contributed by atoms with Gasteiger partial charge in [-0.1, -0.05) is 11.6 Å². The van der Waals surface area contributed by atoms with Gasteiger partial charge in [0.25, 0.3) is 0 Å². The monoisotopic (exact) mass is 375 g/mol. The Morgan fingerprint density at radius 1 is 1.31 bits per heavy atom. The molecule has 2 atom stereocenters. The molecule has 138 valence electrons. The van der Waals surface area contributed by atoms with Crippen molar-refractivity contribution in [1.29, 1.82) is 0 Å². The second-order valence-electron chi connectivity index (χ2n) is 6.56. The van der Waals surface area contributed by atoms with Crippen molar-refractivity contribution in [1.82, 2.24) is 15.3 Å². The minimum absolute atomic E-state index is 0.0571. The Kier molecular flexibility index (Phi) is 5.74. The van der Waals surface area contributed by atoms with Crippen LogP contribution >= 0.6 is 11.6 Å². The van der Waals surface area contributed by atoms with E-state index < -0.39 is 0 Å². The molecular weight excluding hydrogens is 354 g/mol. The van der Waals surface area contributed by atoms with Crippen LogP contribution in [0.3, 0.4) is 0 Å². The quantitative estimate of drug-likeness (QED) is 0.809. The van der Waals surface area contributed by atoms with E-state index in [0.29, 0.717) is 23.7 Å². The molecule has 0 spiro atoms. The van der Waals surface area contributed by atoms with Gasteiger partial charge in [0.1, 0.15) is 18.1 Å². The van der Waals surface area contributed by atoms with Gasteiger partial charge in [0.2, 0.25) is 0 Å². The molecule has 7 heteroatoms. The predicted molar refractivity (Wildman–Crippen MR) is 99.4 cm³/mol. The van der Waals surface area contributed by atoms with E-state index in [0.717, 1.165) is 17.0 Å². The third kappa shape index (κ3) is 4.14. The van der Waals surface area contributed by atoms with Crippen molar-refractivity contribution in [3.05, 3.63) is 41.3 Å². The summed E-state index contributed by atoms with van der Waals surface area (Å²) in [6.45, 7) is 4.59. The van der Waals surface area contributed by atoms with E-state index in [2.05, 4.69) is 15.3 Å². The van der Waals surface area contributed by atoms with E-state index in [1.807, 2.05) is 38.1 Å². The molecule has 2 aromatic rings. The average molecular weight is 376 g/mol. The smallest absolute Gasteiger partial charge is 0.322 e. The van der Waals surface area contributed by atoms with Crippen LogP contribution in [-0.4, -0.2) is 41.7 Å². The highest BCUT2D eigenvalue weighted by Crippen LogP contribution is 2.32. The molecule has 2 heterocycles. The first-order valence-electron chi connectivity index (χ1n) is 8.57. The molecule has 6 nitrogen and oxygen atoms in total. The highest BCUT2D eigenvalue weighted by atomic mass is 35.5. The second kappa shape index (κ2) is 8.01. The molecule has 0 bridgehead atoms. The maximum atomic E-state index is 11.7. The zero-order valence-corrected chi connectivity index (χ0v) is 15.8. The number of carbonyl (C=O) groups excluding carboxylic acids is 1. The molecule has 1 fully saturated rings. The van der Waals surface area contributed by atoms with E-state index in [1.165, 1.54) is 7.11 Å². The maximum Gasteiger partial charge on any atom is 0.322 e. The Labute approximate surface area is 157 Å². The molecular formula is C19H22ClN3O3. The number of aromatic nitrogens is 2. The summed E-state index contributed by atoms with van der Waals surface area (Å²) in [5.74, 6) is 0.551. The Balaban J connectivity index is 1.80. The van der Waals surface area contributed by atoms with Crippen LogP contribution in [-0.2, 0) is 9.53 Å². The number of rotatable bonds is 5. The van der Waals surface area contributed by atoms with Crippen molar-refractivity contribution in [3.63, 3.8) is 0 Å². The summed E-state index contributed by atoms with van der Waals surface area (Å²) in [7, 11) is 1.40. The summed E-state index contributed by atoms with van der Waals surface area (Å²) < 4.78 is 10.5. The molecule has 1 aliphatic rings. The topological polar surface area (TPSA) is 73.3 Å². The summed E-state index contributed by atoms with van der Waals surface area (Å²) in [4.78, 5) is 20.4. The normalized spacial score (nSPS) is 19.6. The number of methoxy groups -OCH3 is 1. The highest BCUT2D eigenvalue weighted by molar-refractivity contribution is 6.32. The first-order valence-corrected chi connectivity index (χ1v) is 8.95. The van der Waals surface area contributed by atoms with Crippen LogP contribution in [0.1, 0.15) is 31.9 Å². The molecule has 0 radical (unpaired) electrons. The van der Waals surface area contributed by atoms with Crippen molar-refractivity contribution in [2.45, 2.75) is 38.3 Å². The zero-order chi connectivity index (χ0) is 18.7. The Morgan fingerprint density at radius 3 is 2.81 bits per heavy atom. The van der Waals surface area contributed by atoms with Gasteiger partial charge in [0.05, 0.1) is 23.9 Å². The first-order chi connectivity index (χ1) is 12.5. The van der Waals surface area contributed by atoms with Crippen LogP contribution in [0.5, 0.6) is 5.75 Å². The number of nitrogens with zero attached hydrogens (tertiary/aromatic N) is 2. The lowest BCUT2D eigenvalue weighted by Crippen LogP contribution is -2.31. The van der Waals surface area contributed by atoms with Gasteiger partial charge in [-0.05, 0) is 44.5 Å². The third-order valence-corrected chi connectivity index (χ3v) is 4.61. The zero-order valence-electron chi connectivity index (χ0n) is 15.0. The number of hydrogen-bond acceptors (Lipinski definition) is 6. The molecule has 26 heavy (non-hydrogen) atoms. The molecule has 0 aliphatic carbocycles. The van der Waals surface area contributed by atoms with E-state index in [-0.39, 0.29) is 24.0 Å². The number of benzene rings is 1. The predicted octanol–water partition coefficient (Wildman–Crippen LogP) is 3.20. The fourth-order valence-electron chi connectivity index (χ4n) is 3.05. The van der Waals surface area contributed by atoms with Crippen molar-refractivity contribution in [2.24, 2.45) is 0 Å². The van der Waals surface area contributed by atoms with Crippen LogP contribution in [0.2, 0.25) is 5.02 Å². The molecule has 3 rings (SSSR count). The van der Waals surface area contributed by atoms with E-state index in [4.69, 9.17) is 21.1 Å². The average Bonchev–Trinajstić information content (AvgIpc) is 3.13. The van der Waals surface area contributed by atoms with Crippen LogP contribution in [0.4, 0.5) is 0 Å². The standard InChI is InChI=1S/C19H22ClN3O3/c1-11(2)26-18-5-4-12(6-14(18)20)15-8-16(23-10-22-15)13-7-17(21-9-13)19(24)25-3/h4-6,8,10-11,13,17,21H,7,9H2,1-3H3. The van der Waals surface area contributed by atoms with Crippen molar-refractivity contribution in [3.8, 4) is 17.0 Å². The Hall–Kier alpha value is -2.18. The van der Waals surface area contributed by atoms with Crippen LogP contribution in [0.25, 0.3) is 11.3 Å². The van der Waals surface area contributed by atoms with Crippen LogP contribution < -0.4 is 10.1 Å². The minimum Gasteiger partial charge on any atom is -0.489 e. The fraction of sp³-hybridized carbons (Fsp3) is 0.421. The number of ether oxygens (including phenoxy) is 2. The molecule has 1 aromatic carbocycles. The van der Waals surface area contributed by atoms with E-state index in [1.54, 1.807) is 6.33 Å². The highest BCUT2D eigenvalue weighted by Gasteiger charge is 2.31. The van der Waals surface area contributed by atoms with Gasteiger partial charge < -0.3 is 14.8 Å². The third-order valence-electron chi connectivity index (χ3n) is 4.31. The SMILES string of the molecule is COC(=O)C1CC(c2cc(-c3ccc(OC(C)C)c(Cl)c3)ncn2)CN1. The summed E-state index contributed by atoms with van der Waals surface area (Å²) in [5.41, 5.74) is 2.58. The molecule has 1 saturated heterocycles. The lowest BCUT2D eigenvalue weighted by molar-refractivity contribution is -0.142. The van der Waals surface area contributed by atoms with Crippen LogP contribution in [0.15, 0.2) is 30.6 Å². The van der Waals surface area contributed by atoms with Crippen molar-refractivity contribution >= 4 is 17.6 Å². The van der Waals surface area contributed by atoms with Gasteiger partial charge >= 0.3 is 5.97 Å². The summed E-state index contributed by atoms with van der Waals surface area (Å²) in [5, 5.41) is 3.72. The maximum absolute atomic E-state index is 11.7. The van der Waals surface area contributed by atoms with Gasteiger partial charge in [-0.2, -0.15) is 0 Å². The number of carbonyl (C=O) groups is 1. The Morgan fingerprint density at radius 2 is 2.12 bits per heavy atom.